The minimum Gasteiger partial charge on any atom is -0.340 e. The van der Waals surface area contributed by atoms with Crippen LogP contribution >= 0.6 is 11.8 Å². The van der Waals surface area contributed by atoms with E-state index in [1.54, 1.807) is 10.6 Å². The van der Waals surface area contributed by atoms with Crippen molar-refractivity contribution in [3.8, 4) is 0 Å². The lowest BCUT2D eigenvalue weighted by Gasteiger charge is -2.37. The summed E-state index contributed by atoms with van der Waals surface area (Å²) in [5.74, 6) is 0.702. The molecule has 2 aliphatic heterocycles. The molecule has 1 unspecified atom stereocenters. The van der Waals surface area contributed by atoms with E-state index in [1.165, 1.54) is 17.3 Å². The fourth-order valence-electron chi connectivity index (χ4n) is 4.13. The van der Waals surface area contributed by atoms with Gasteiger partial charge >= 0.3 is 0 Å². The zero-order chi connectivity index (χ0) is 22.0. The molecule has 31 heavy (non-hydrogen) atoms. The molecule has 1 aromatic heterocycles. The third kappa shape index (κ3) is 5.21. The minimum atomic E-state index is -0.165. The number of thioether (sulfide) groups is 1. The van der Waals surface area contributed by atoms with Crippen molar-refractivity contribution in [1.29, 1.82) is 0 Å². The molecule has 0 radical (unpaired) electrons. The summed E-state index contributed by atoms with van der Waals surface area (Å²) in [6.45, 7) is 11.0. The number of fused-ring (bicyclic) bond motifs is 1. The van der Waals surface area contributed by atoms with Gasteiger partial charge in [0, 0.05) is 56.5 Å². The summed E-state index contributed by atoms with van der Waals surface area (Å²) in [4.78, 5) is 34.9. The Morgan fingerprint density at radius 3 is 2.52 bits per heavy atom. The molecule has 1 saturated heterocycles. The van der Waals surface area contributed by atoms with Gasteiger partial charge in [-0.2, -0.15) is 0 Å². The van der Waals surface area contributed by atoms with E-state index < -0.39 is 0 Å². The lowest BCUT2D eigenvalue weighted by Crippen LogP contribution is -2.52. The summed E-state index contributed by atoms with van der Waals surface area (Å²) in [7, 11) is 0. The highest BCUT2D eigenvalue weighted by Gasteiger charge is 2.32. The summed E-state index contributed by atoms with van der Waals surface area (Å²) in [6.07, 6.45) is 1.04. The lowest BCUT2D eigenvalue weighted by molar-refractivity contribution is -0.137. The summed E-state index contributed by atoms with van der Waals surface area (Å²) in [6, 6.07) is 12.2. The van der Waals surface area contributed by atoms with E-state index >= 15 is 0 Å². The molecule has 0 saturated carbocycles. The van der Waals surface area contributed by atoms with Crippen LogP contribution in [0.25, 0.3) is 0 Å². The molecule has 4 rings (SSSR count). The highest BCUT2D eigenvalue weighted by molar-refractivity contribution is 7.99. The Hall–Kier alpha value is -2.12. The van der Waals surface area contributed by atoms with Crippen molar-refractivity contribution >= 4 is 17.7 Å². The largest absolute Gasteiger partial charge is 0.340 e. The number of hydrogen-bond donors (Lipinski definition) is 0. The zero-order valence-electron chi connectivity index (χ0n) is 18.7. The molecule has 0 spiro atoms. The van der Waals surface area contributed by atoms with Gasteiger partial charge in [-0.25, -0.2) is 4.98 Å². The van der Waals surface area contributed by atoms with Crippen molar-refractivity contribution in [3.63, 3.8) is 0 Å². The van der Waals surface area contributed by atoms with Gasteiger partial charge in [0.25, 0.3) is 5.56 Å². The maximum absolute atomic E-state index is 13.1. The average Bonchev–Trinajstić information content (AvgIpc) is 2.77. The van der Waals surface area contributed by atoms with E-state index in [0.717, 1.165) is 50.0 Å². The van der Waals surface area contributed by atoms with Crippen molar-refractivity contribution in [2.45, 2.75) is 44.3 Å². The van der Waals surface area contributed by atoms with Crippen LogP contribution in [0.4, 0.5) is 0 Å². The van der Waals surface area contributed by atoms with E-state index in [0.29, 0.717) is 12.3 Å². The number of carbonyl (C=O) groups is 1. The van der Waals surface area contributed by atoms with E-state index in [1.807, 2.05) is 11.0 Å². The monoisotopic (exact) mass is 440 g/mol. The molecule has 7 heteroatoms. The fourth-order valence-corrected chi connectivity index (χ4v) is 5.21. The minimum absolute atomic E-state index is 0.0503. The number of nitrogens with zero attached hydrogens (tertiary/aromatic N) is 4. The number of benzene rings is 1. The molecule has 1 aromatic carbocycles. The number of carbonyl (C=O) groups excluding carboxylic acids is 1. The zero-order valence-corrected chi connectivity index (χ0v) is 19.5. The topological polar surface area (TPSA) is 58.4 Å². The molecular formula is C24H32N4O2S. The van der Waals surface area contributed by atoms with Crippen molar-refractivity contribution in [1.82, 2.24) is 19.4 Å². The quantitative estimate of drug-likeness (QED) is 0.684. The first-order valence-corrected chi connectivity index (χ1v) is 12.1. The number of piperazine rings is 1. The van der Waals surface area contributed by atoms with E-state index in [-0.39, 0.29) is 22.8 Å². The van der Waals surface area contributed by atoms with Crippen LogP contribution in [0, 0.1) is 5.92 Å². The fraction of sp³-hybridized carbons (Fsp3) is 0.542. The van der Waals surface area contributed by atoms with Crippen molar-refractivity contribution < 1.29 is 4.79 Å². The molecule has 1 atom stereocenters. The molecule has 1 amide bonds. The van der Waals surface area contributed by atoms with Crippen LogP contribution in [0.2, 0.25) is 0 Å². The Morgan fingerprint density at radius 2 is 1.84 bits per heavy atom. The van der Waals surface area contributed by atoms with Crippen LogP contribution in [0.1, 0.15) is 32.0 Å². The second-order valence-electron chi connectivity index (χ2n) is 9.53. The maximum Gasteiger partial charge on any atom is 0.254 e. The normalized spacial score (nSPS) is 19.8. The average molecular weight is 441 g/mol. The summed E-state index contributed by atoms with van der Waals surface area (Å²) < 4.78 is 1.68. The van der Waals surface area contributed by atoms with Gasteiger partial charge in [0.1, 0.15) is 0 Å². The predicted octanol–water partition coefficient (Wildman–Crippen LogP) is 2.65. The van der Waals surface area contributed by atoms with Crippen molar-refractivity contribution in [2.75, 3.05) is 38.5 Å². The first-order chi connectivity index (χ1) is 14.8. The number of amides is 1. The van der Waals surface area contributed by atoms with Crippen molar-refractivity contribution in [2.24, 2.45) is 5.92 Å². The third-order valence-corrected chi connectivity index (χ3v) is 7.29. The highest BCUT2D eigenvalue weighted by Crippen LogP contribution is 2.29. The van der Waals surface area contributed by atoms with Crippen LogP contribution in [0.3, 0.4) is 0 Å². The van der Waals surface area contributed by atoms with Crippen LogP contribution in [-0.2, 0) is 23.2 Å². The van der Waals surface area contributed by atoms with Gasteiger partial charge in [-0.15, -0.1) is 0 Å². The maximum atomic E-state index is 13.1. The smallest absolute Gasteiger partial charge is 0.254 e. The standard InChI is InChI=1S/C24H32N4O2S/c1-24(2,3)20-15-21(29)28-16-19(17-31-23(28)25-20)22(30)27-13-11-26(12-14-27)10-9-18-7-5-4-6-8-18/h4-8,15,19H,9-14,16-17H2,1-3H3. The number of hydrogen-bond acceptors (Lipinski definition) is 5. The molecule has 0 N–H and O–H groups in total. The number of rotatable bonds is 4. The van der Waals surface area contributed by atoms with Gasteiger partial charge < -0.3 is 4.90 Å². The molecule has 0 aliphatic carbocycles. The van der Waals surface area contributed by atoms with Crippen LogP contribution in [0.15, 0.2) is 46.3 Å². The summed E-state index contributed by atoms with van der Waals surface area (Å²) in [5, 5.41) is 0.743. The molecule has 0 bridgehead atoms. The molecular weight excluding hydrogens is 408 g/mol. The van der Waals surface area contributed by atoms with Crippen LogP contribution in [-0.4, -0.2) is 63.7 Å². The van der Waals surface area contributed by atoms with Gasteiger partial charge in [0.05, 0.1) is 11.6 Å². The Labute approximate surface area is 188 Å². The Balaban J connectivity index is 1.33. The van der Waals surface area contributed by atoms with Gasteiger partial charge in [0.2, 0.25) is 5.91 Å². The molecule has 3 heterocycles. The van der Waals surface area contributed by atoms with Gasteiger partial charge in [-0.3, -0.25) is 19.1 Å². The number of aromatic nitrogens is 2. The predicted molar refractivity (Wildman–Crippen MR) is 125 cm³/mol. The summed E-state index contributed by atoms with van der Waals surface area (Å²) >= 11 is 1.53. The molecule has 2 aromatic rings. The Morgan fingerprint density at radius 1 is 1.13 bits per heavy atom. The SMILES string of the molecule is CC(C)(C)c1cc(=O)n2c(n1)SCC(C(=O)N1CCN(CCc3ccccc3)CC1)C2. The Bertz CT molecular complexity index is 975. The first kappa shape index (κ1) is 22.1. The lowest BCUT2D eigenvalue weighted by atomic mass is 9.92. The van der Waals surface area contributed by atoms with Crippen LogP contribution < -0.4 is 5.56 Å². The molecule has 1 fully saturated rings. The van der Waals surface area contributed by atoms with E-state index in [2.05, 4.69) is 49.9 Å². The van der Waals surface area contributed by atoms with E-state index in [4.69, 9.17) is 4.98 Å². The molecule has 6 nitrogen and oxygen atoms in total. The third-order valence-electron chi connectivity index (χ3n) is 6.15. The van der Waals surface area contributed by atoms with E-state index in [9.17, 15) is 9.59 Å². The summed E-state index contributed by atoms with van der Waals surface area (Å²) in [5.41, 5.74) is 1.95. The van der Waals surface area contributed by atoms with Gasteiger partial charge in [-0.1, -0.05) is 62.9 Å². The van der Waals surface area contributed by atoms with Crippen LogP contribution in [0.5, 0.6) is 0 Å². The van der Waals surface area contributed by atoms with Gasteiger partial charge in [-0.05, 0) is 12.0 Å². The molecule has 166 valence electrons. The molecule has 2 aliphatic rings. The second-order valence-corrected chi connectivity index (χ2v) is 10.5. The second kappa shape index (κ2) is 9.17. The Kier molecular flexibility index (Phi) is 6.53. The first-order valence-electron chi connectivity index (χ1n) is 11.1. The van der Waals surface area contributed by atoms with Gasteiger partial charge in [0.15, 0.2) is 5.16 Å². The van der Waals surface area contributed by atoms with Crippen molar-refractivity contribution in [3.05, 3.63) is 58.0 Å². The highest BCUT2D eigenvalue weighted by atomic mass is 32.2.